The molecule has 2 heterocycles. The molecule has 0 N–H and O–H groups in total. The van der Waals surface area contributed by atoms with E-state index in [1.165, 1.54) is 0 Å². The molecule has 4 rings (SSSR count). The van der Waals surface area contributed by atoms with Gasteiger partial charge in [0.25, 0.3) is 0 Å². The number of carbonyl (C=O) groups is 1. The fourth-order valence-corrected chi connectivity index (χ4v) is 3.57. The molecule has 1 aliphatic carbocycles. The fourth-order valence-electron chi connectivity index (χ4n) is 3.57. The number of morpholine rings is 1. The molecule has 0 radical (unpaired) electrons. The minimum Gasteiger partial charge on any atom is -0.383 e. The van der Waals surface area contributed by atoms with E-state index in [9.17, 15) is 4.79 Å². The van der Waals surface area contributed by atoms with E-state index >= 15 is 0 Å². The molecule has 2 fully saturated rings. The summed E-state index contributed by atoms with van der Waals surface area (Å²) in [6, 6.07) is 8.13. The first kappa shape index (κ1) is 19.1. The lowest BCUT2D eigenvalue weighted by molar-refractivity contribution is -0.135. The number of ether oxygens (including phenoxy) is 2. The van der Waals surface area contributed by atoms with Gasteiger partial charge in [0.05, 0.1) is 25.3 Å². The molecule has 1 aromatic carbocycles. The molecular weight excluding hydrogens is 356 g/mol. The lowest BCUT2D eigenvalue weighted by Crippen LogP contribution is -2.42. The zero-order chi connectivity index (χ0) is 19.3. The Balaban J connectivity index is 1.57. The summed E-state index contributed by atoms with van der Waals surface area (Å²) < 4.78 is 10.7. The van der Waals surface area contributed by atoms with Gasteiger partial charge in [0, 0.05) is 51.0 Å². The Bertz CT molecular complexity index is 818. The molecule has 0 spiro atoms. The van der Waals surface area contributed by atoms with Crippen LogP contribution in [0, 0.1) is 0 Å². The van der Waals surface area contributed by atoms with Gasteiger partial charge in [-0.25, -0.2) is 9.97 Å². The molecule has 1 amide bonds. The summed E-state index contributed by atoms with van der Waals surface area (Å²) in [6.07, 6.45) is 2.78. The molecule has 1 aromatic heterocycles. The largest absolute Gasteiger partial charge is 0.383 e. The number of amides is 1. The SMILES string of the molecule is COCCN(CCC(=O)N1CCOCC1)c1nc(C2CC2)nc2ccccc12. The van der Waals surface area contributed by atoms with Crippen LogP contribution in [0.2, 0.25) is 0 Å². The van der Waals surface area contributed by atoms with Crippen LogP contribution in [0.15, 0.2) is 24.3 Å². The van der Waals surface area contributed by atoms with Crippen molar-refractivity contribution >= 4 is 22.6 Å². The summed E-state index contributed by atoms with van der Waals surface area (Å²) in [6.45, 7) is 4.50. The van der Waals surface area contributed by atoms with Crippen molar-refractivity contribution in [3.8, 4) is 0 Å². The number of aromatic nitrogens is 2. The number of anilines is 1. The highest BCUT2D eigenvalue weighted by Crippen LogP contribution is 2.39. The average Bonchev–Trinajstić information content (AvgIpc) is 3.59. The second kappa shape index (κ2) is 8.84. The van der Waals surface area contributed by atoms with Crippen LogP contribution in [0.1, 0.15) is 31.0 Å². The molecule has 1 aliphatic heterocycles. The van der Waals surface area contributed by atoms with Crippen molar-refractivity contribution in [3.05, 3.63) is 30.1 Å². The summed E-state index contributed by atoms with van der Waals surface area (Å²) in [5.41, 5.74) is 0.969. The first-order chi connectivity index (χ1) is 13.8. The van der Waals surface area contributed by atoms with Gasteiger partial charge in [-0.15, -0.1) is 0 Å². The van der Waals surface area contributed by atoms with Crippen LogP contribution < -0.4 is 4.90 Å². The predicted octanol–water partition coefficient (Wildman–Crippen LogP) is 2.21. The first-order valence-corrected chi connectivity index (χ1v) is 10.1. The van der Waals surface area contributed by atoms with E-state index in [1.54, 1.807) is 7.11 Å². The Morgan fingerprint density at radius 1 is 1.21 bits per heavy atom. The van der Waals surface area contributed by atoms with Gasteiger partial charge in [-0.3, -0.25) is 4.79 Å². The fraction of sp³-hybridized carbons (Fsp3) is 0.571. The molecular formula is C21H28N4O3. The summed E-state index contributed by atoms with van der Waals surface area (Å²) >= 11 is 0. The third-order valence-electron chi connectivity index (χ3n) is 5.37. The van der Waals surface area contributed by atoms with Crippen LogP contribution in [0.4, 0.5) is 5.82 Å². The topological polar surface area (TPSA) is 67.8 Å². The molecule has 2 aromatic rings. The molecule has 7 heteroatoms. The van der Waals surface area contributed by atoms with Crippen molar-refractivity contribution in [1.82, 2.24) is 14.9 Å². The van der Waals surface area contributed by atoms with Crippen molar-refractivity contribution in [2.45, 2.75) is 25.2 Å². The molecule has 0 atom stereocenters. The van der Waals surface area contributed by atoms with Crippen LogP contribution in [-0.4, -0.2) is 73.9 Å². The highest BCUT2D eigenvalue weighted by atomic mass is 16.5. The van der Waals surface area contributed by atoms with Crippen molar-refractivity contribution < 1.29 is 14.3 Å². The van der Waals surface area contributed by atoms with Gasteiger partial charge in [-0.05, 0) is 25.0 Å². The quantitative estimate of drug-likeness (QED) is 0.695. The number of methoxy groups -OCH3 is 1. The number of para-hydroxylation sites is 1. The van der Waals surface area contributed by atoms with Gasteiger partial charge >= 0.3 is 0 Å². The van der Waals surface area contributed by atoms with E-state index in [0.717, 1.165) is 35.4 Å². The van der Waals surface area contributed by atoms with E-state index in [2.05, 4.69) is 11.0 Å². The number of hydrogen-bond donors (Lipinski definition) is 0. The van der Waals surface area contributed by atoms with E-state index in [0.29, 0.717) is 58.3 Å². The first-order valence-electron chi connectivity index (χ1n) is 10.1. The molecule has 1 saturated carbocycles. The molecule has 0 bridgehead atoms. The van der Waals surface area contributed by atoms with E-state index in [4.69, 9.17) is 19.4 Å². The standard InChI is InChI=1S/C21H28N4O3/c1-27-13-10-25(9-8-19(26)24-11-14-28-15-12-24)21-17-4-2-3-5-18(17)22-20(23-21)16-6-7-16/h2-5,16H,6-15H2,1H3. The number of rotatable bonds is 8. The lowest BCUT2D eigenvalue weighted by Gasteiger charge is -2.29. The van der Waals surface area contributed by atoms with Crippen molar-refractivity contribution in [3.63, 3.8) is 0 Å². The van der Waals surface area contributed by atoms with Crippen molar-refractivity contribution in [2.24, 2.45) is 0 Å². The van der Waals surface area contributed by atoms with E-state index in [1.807, 2.05) is 23.1 Å². The van der Waals surface area contributed by atoms with Crippen molar-refractivity contribution in [1.29, 1.82) is 0 Å². The Morgan fingerprint density at radius 2 is 2.00 bits per heavy atom. The molecule has 2 aliphatic rings. The highest BCUT2D eigenvalue weighted by molar-refractivity contribution is 5.90. The smallest absolute Gasteiger partial charge is 0.224 e. The molecule has 28 heavy (non-hydrogen) atoms. The van der Waals surface area contributed by atoms with Gasteiger partial charge in [-0.2, -0.15) is 0 Å². The maximum atomic E-state index is 12.6. The Morgan fingerprint density at radius 3 is 2.75 bits per heavy atom. The van der Waals surface area contributed by atoms with Crippen LogP contribution >= 0.6 is 0 Å². The van der Waals surface area contributed by atoms with Gasteiger partial charge < -0.3 is 19.3 Å². The number of benzene rings is 1. The van der Waals surface area contributed by atoms with Gasteiger partial charge in [0.2, 0.25) is 5.91 Å². The third-order valence-corrected chi connectivity index (χ3v) is 5.37. The number of fused-ring (bicyclic) bond motifs is 1. The molecule has 0 unspecified atom stereocenters. The zero-order valence-electron chi connectivity index (χ0n) is 16.5. The average molecular weight is 384 g/mol. The molecule has 7 nitrogen and oxygen atoms in total. The van der Waals surface area contributed by atoms with Gasteiger partial charge in [0.1, 0.15) is 11.6 Å². The van der Waals surface area contributed by atoms with Gasteiger partial charge in [0.15, 0.2) is 0 Å². The lowest BCUT2D eigenvalue weighted by atomic mass is 10.2. The minimum absolute atomic E-state index is 0.173. The Hall–Kier alpha value is -2.25. The summed E-state index contributed by atoms with van der Waals surface area (Å²) in [7, 11) is 1.70. The Kier molecular flexibility index (Phi) is 6.02. The van der Waals surface area contributed by atoms with Crippen LogP contribution in [0.25, 0.3) is 10.9 Å². The van der Waals surface area contributed by atoms with E-state index in [-0.39, 0.29) is 5.91 Å². The minimum atomic E-state index is 0.173. The van der Waals surface area contributed by atoms with Gasteiger partial charge in [-0.1, -0.05) is 12.1 Å². The number of hydrogen-bond acceptors (Lipinski definition) is 6. The van der Waals surface area contributed by atoms with Crippen molar-refractivity contribution in [2.75, 3.05) is 58.0 Å². The second-order valence-electron chi connectivity index (χ2n) is 7.42. The van der Waals surface area contributed by atoms with Crippen LogP contribution in [0.3, 0.4) is 0 Å². The highest BCUT2D eigenvalue weighted by Gasteiger charge is 2.28. The maximum Gasteiger partial charge on any atom is 0.224 e. The molecule has 150 valence electrons. The second-order valence-corrected chi connectivity index (χ2v) is 7.42. The van der Waals surface area contributed by atoms with Crippen LogP contribution in [0.5, 0.6) is 0 Å². The summed E-state index contributed by atoms with van der Waals surface area (Å²) in [4.78, 5) is 26.4. The zero-order valence-corrected chi connectivity index (χ0v) is 16.5. The number of carbonyl (C=O) groups excluding carboxylic acids is 1. The summed E-state index contributed by atoms with van der Waals surface area (Å²) in [5, 5.41) is 1.03. The predicted molar refractivity (Wildman–Crippen MR) is 108 cm³/mol. The number of nitrogens with zero attached hydrogens (tertiary/aromatic N) is 4. The normalized spacial score (nSPS) is 17.1. The Labute approximate surface area is 165 Å². The maximum absolute atomic E-state index is 12.6. The monoisotopic (exact) mass is 384 g/mol. The third kappa shape index (κ3) is 4.42. The van der Waals surface area contributed by atoms with E-state index < -0.39 is 0 Å². The van der Waals surface area contributed by atoms with Crippen LogP contribution in [-0.2, 0) is 14.3 Å². The summed E-state index contributed by atoms with van der Waals surface area (Å²) in [5.74, 6) is 2.49. The molecule has 1 saturated heterocycles.